The molecule has 0 unspecified atom stereocenters. The van der Waals surface area contributed by atoms with E-state index in [0.29, 0.717) is 31.3 Å². The molecule has 1 aliphatic rings. The maximum atomic E-state index is 12.4. The summed E-state index contributed by atoms with van der Waals surface area (Å²) in [5, 5.41) is 6.78. The van der Waals surface area contributed by atoms with Gasteiger partial charge in [-0.1, -0.05) is 42.5 Å². The van der Waals surface area contributed by atoms with Crippen molar-refractivity contribution < 1.29 is 19.0 Å². The highest BCUT2D eigenvalue weighted by Gasteiger charge is 2.34. The first-order chi connectivity index (χ1) is 14.1. The lowest BCUT2D eigenvalue weighted by molar-refractivity contribution is -0.123. The Bertz CT molecular complexity index is 775. The minimum Gasteiger partial charge on any atom is -0.493 e. The van der Waals surface area contributed by atoms with Crippen LogP contribution < -0.4 is 20.1 Å². The Hall–Kier alpha value is -2.57. The van der Waals surface area contributed by atoms with Crippen LogP contribution in [0.5, 0.6) is 11.5 Å². The number of rotatable bonds is 9. The Labute approximate surface area is 172 Å². The molecule has 0 radical (unpaired) electrons. The number of hydrogen-bond donors (Lipinski definition) is 2. The molecular formula is C23H30N2O4. The molecule has 3 rings (SSSR count). The first-order valence-corrected chi connectivity index (χ1v) is 10.0. The molecule has 0 aromatic heterocycles. The van der Waals surface area contributed by atoms with Gasteiger partial charge in [0.1, 0.15) is 0 Å². The van der Waals surface area contributed by atoms with Gasteiger partial charge in [0.05, 0.1) is 7.11 Å². The lowest BCUT2D eigenvalue weighted by Crippen LogP contribution is -2.57. The summed E-state index contributed by atoms with van der Waals surface area (Å²) in [5.74, 6) is 1.01. The monoisotopic (exact) mass is 398 g/mol. The van der Waals surface area contributed by atoms with Gasteiger partial charge in [-0.3, -0.25) is 4.79 Å². The van der Waals surface area contributed by atoms with Gasteiger partial charge in [0, 0.05) is 31.3 Å². The van der Waals surface area contributed by atoms with E-state index in [1.165, 1.54) is 5.56 Å². The molecule has 6 heteroatoms. The van der Waals surface area contributed by atoms with Crippen LogP contribution in [0.2, 0.25) is 0 Å². The van der Waals surface area contributed by atoms with E-state index < -0.39 is 0 Å². The number of benzene rings is 2. The molecule has 29 heavy (non-hydrogen) atoms. The van der Waals surface area contributed by atoms with Gasteiger partial charge in [0.25, 0.3) is 5.91 Å². The van der Waals surface area contributed by atoms with Crippen molar-refractivity contribution in [3.05, 3.63) is 60.2 Å². The van der Waals surface area contributed by atoms with Gasteiger partial charge in [-0.25, -0.2) is 0 Å². The molecule has 2 N–H and O–H groups in total. The van der Waals surface area contributed by atoms with Crippen LogP contribution in [0, 0.1) is 0 Å². The molecule has 0 spiro atoms. The van der Waals surface area contributed by atoms with Crippen LogP contribution in [0.3, 0.4) is 0 Å². The van der Waals surface area contributed by atoms with Gasteiger partial charge in [0.2, 0.25) is 0 Å². The van der Waals surface area contributed by atoms with E-state index in [-0.39, 0.29) is 24.1 Å². The number of nitrogens with one attached hydrogen (secondary N) is 2. The number of para-hydroxylation sites is 2. The van der Waals surface area contributed by atoms with E-state index >= 15 is 0 Å². The third-order valence-corrected chi connectivity index (χ3v) is 5.32. The fourth-order valence-electron chi connectivity index (χ4n) is 3.62. The van der Waals surface area contributed by atoms with Crippen LogP contribution in [0.15, 0.2) is 54.6 Å². The molecular weight excluding hydrogens is 368 g/mol. The highest BCUT2D eigenvalue weighted by molar-refractivity contribution is 5.77. The van der Waals surface area contributed by atoms with Gasteiger partial charge in [-0.05, 0) is 37.5 Å². The topological polar surface area (TPSA) is 68.8 Å². The summed E-state index contributed by atoms with van der Waals surface area (Å²) < 4.78 is 16.4. The van der Waals surface area contributed by atoms with Crippen LogP contribution in [-0.4, -0.2) is 44.9 Å². The average Bonchev–Trinajstić information content (AvgIpc) is 2.77. The second-order valence-electron chi connectivity index (χ2n) is 7.39. The zero-order valence-corrected chi connectivity index (χ0v) is 17.1. The second kappa shape index (κ2) is 10.3. The number of methoxy groups -OCH3 is 1. The normalized spacial score (nSPS) is 16.6. The van der Waals surface area contributed by atoms with Crippen LogP contribution >= 0.6 is 0 Å². The fourth-order valence-corrected chi connectivity index (χ4v) is 3.62. The summed E-state index contributed by atoms with van der Waals surface area (Å²) in [6.07, 6.45) is 1.69. The number of hydrogen-bond acceptors (Lipinski definition) is 5. The van der Waals surface area contributed by atoms with Crippen molar-refractivity contribution in [2.75, 3.05) is 33.5 Å². The van der Waals surface area contributed by atoms with E-state index in [1.807, 2.05) is 30.3 Å². The van der Waals surface area contributed by atoms with Crippen LogP contribution in [0.1, 0.15) is 31.4 Å². The first kappa shape index (κ1) is 21.1. The molecule has 1 amide bonds. The molecule has 1 aliphatic heterocycles. The molecule has 1 heterocycles. The number of amides is 1. The molecule has 0 saturated carbocycles. The van der Waals surface area contributed by atoms with E-state index in [4.69, 9.17) is 14.2 Å². The predicted octanol–water partition coefficient (Wildman–Crippen LogP) is 3.09. The average molecular weight is 399 g/mol. The smallest absolute Gasteiger partial charge is 0.258 e. The van der Waals surface area contributed by atoms with Crippen LogP contribution in [0.4, 0.5) is 0 Å². The molecule has 0 bridgehead atoms. The lowest BCUT2D eigenvalue weighted by Gasteiger charge is -2.40. The predicted molar refractivity (Wildman–Crippen MR) is 112 cm³/mol. The molecule has 1 fully saturated rings. The number of carbonyl (C=O) groups is 1. The van der Waals surface area contributed by atoms with Crippen molar-refractivity contribution >= 4 is 5.91 Å². The van der Waals surface area contributed by atoms with Crippen molar-refractivity contribution in [3.63, 3.8) is 0 Å². The molecule has 6 nitrogen and oxygen atoms in total. The highest BCUT2D eigenvalue weighted by Crippen LogP contribution is 2.26. The van der Waals surface area contributed by atoms with Crippen molar-refractivity contribution in [1.82, 2.24) is 10.6 Å². The third-order valence-electron chi connectivity index (χ3n) is 5.32. The summed E-state index contributed by atoms with van der Waals surface area (Å²) in [5.41, 5.74) is 1.03. The number of carbonyl (C=O) groups excluding carboxylic acids is 1. The van der Waals surface area contributed by atoms with Gasteiger partial charge >= 0.3 is 0 Å². The summed E-state index contributed by atoms with van der Waals surface area (Å²) >= 11 is 0. The molecule has 2 aromatic carbocycles. The van der Waals surface area contributed by atoms with Crippen LogP contribution in [-0.2, 0) is 9.53 Å². The van der Waals surface area contributed by atoms with Crippen molar-refractivity contribution in [2.45, 2.75) is 31.3 Å². The molecule has 156 valence electrons. The zero-order chi connectivity index (χ0) is 20.5. The quantitative estimate of drug-likeness (QED) is 0.679. The SMILES string of the molecule is COc1ccccc1OCC(=O)NCC1(N[C@H](C)c2ccccc2)CCOCC1. The maximum absolute atomic E-state index is 12.4. The van der Waals surface area contributed by atoms with E-state index in [9.17, 15) is 4.79 Å². The van der Waals surface area contributed by atoms with Gasteiger partial charge in [-0.15, -0.1) is 0 Å². The molecule has 1 atom stereocenters. The Morgan fingerprint density at radius 1 is 1.07 bits per heavy atom. The Morgan fingerprint density at radius 2 is 1.72 bits per heavy atom. The largest absolute Gasteiger partial charge is 0.493 e. The van der Waals surface area contributed by atoms with Crippen molar-refractivity contribution in [1.29, 1.82) is 0 Å². The maximum Gasteiger partial charge on any atom is 0.258 e. The Kier molecular flexibility index (Phi) is 7.49. The van der Waals surface area contributed by atoms with Gasteiger partial charge in [-0.2, -0.15) is 0 Å². The van der Waals surface area contributed by atoms with Crippen molar-refractivity contribution in [2.24, 2.45) is 0 Å². The summed E-state index contributed by atoms with van der Waals surface area (Å²) in [4.78, 5) is 12.4. The second-order valence-corrected chi connectivity index (χ2v) is 7.39. The van der Waals surface area contributed by atoms with Crippen LogP contribution in [0.25, 0.3) is 0 Å². The summed E-state index contributed by atoms with van der Waals surface area (Å²) in [6, 6.07) is 17.8. The summed E-state index contributed by atoms with van der Waals surface area (Å²) in [7, 11) is 1.58. The molecule has 0 aliphatic carbocycles. The third kappa shape index (κ3) is 5.95. The van der Waals surface area contributed by atoms with Crippen molar-refractivity contribution in [3.8, 4) is 11.5 Å². The zero-order valence-electron chi connectivity index (χ0n) is 17.1. The molecule has 2 aromatic rings. The van der Waals surface area contributed by atoms with E-state index in [0.717, 1.165) is 12.8 Å². The fraction of sp³-hybridized carbons (Fsp3) is 0.435. The van der Waals surface area contributed by atoms with Gasteiger partial charge in [0.15, 0.2) is 18.1 Å². The van der Waals surface area contributed by atoms with E-state index in [1.54, 1.807) is 19.2 Å². The number of ether oxygens (including phenoxy) is 3. The minimum atomic E-state index is -0.201. The Morgan fingerprint density at radius 3 is 2.41 bits per heavy atom. The summed E-state index contributed by atoms with van der Waals surface area (Å²) in [6.45, 7) is 3.99. The molecule has 1 saturated heterocycles. The Balaban J connectivity index is 1.56. The highest BCUT2D eigenvalue weighted by atomic mass is 16.5. The lowest BCUT2D eigenvalue weighted by atomic mass is 9.88. The van der Waals surface area contributed by atoms with E-state index in [2.05, 4.69) is 29.7 Å². The minimum absolute atomic E-state index is 0.0544. The first-order valence-electron chi connectivity index (χ1n) is 10.0. The standard InChI is InChI=1S/C23H30N2O4/c1-18(19-8-4-3-5-9-19)25-23(12-14-28-15-13-23)17-24-22(26)16-29-21-11-7-6-10-20(21)27-2/h3-11,18,25H,12-17H2,1-2H3,(H,24,26)/t18-/m1/s1. The van der Waals surface area contributed by atoms with Gasteiger partial charge < -0.3 is 24.8 Å².